The lowest BCUT2D eigenvalue weighted by Crippen LogP contribution is -2.09. The Morgan fingerprint density at radius 1 is 0.893 bits per heavy atom. The molecule has 0 aliphatic rings. The van der Waals surface area contributed by atoms with E-state index in [1.807, 2.05) is 13.0 Å². The third kappa shape index (κ3) is 2.90. The van der Waals surface area contributed by atoms with Gasteiger partial charge >= 0.3 is 0 Å². The highest BCUT2D eigenvalue weighted by Gasteiger charge is 2.25. The van der Waals surface area contributed by atoms with E-state index in [-0.39, 0.29) is 39.4 Å². The molecule has 2 aromatic carbocycles. The van der Waals surface area contributed by atoms with Crippen LogP contribution >= 0.6 is 0 Å². The Morgan fingerprint density at radius 3 is 2.11 bits per heavy atom. The van der Waals surface area contributed by atoms with E-state index in [0.717, 1.165) is 5.56 Å². The summed E-state index contributed by atoms with van der Waals surface area (Å²) in [6, 6.07) is 6.65. The second-order valence-corrected chi connectivity index (χ2v) is 5.99. The zero-order chi connectivity index (χ0) is 20.4. The van der Waals surface area contributed by atoms with Crippen molar-refractivity contribution in [3.05, 3.63) is 51.2 Å². The zero-order valence-electron chi connectivity index (χ0n) is 15.8. The molecule has 7 nitrogen and oxygen atoms in total. The molecule has 0 bridgehead atoms. The smallest absolute Gasteiger partial charge is 0.197 e. The first kappa shape index (κ1) is 19.2. The Morgan fingerprint density at radius 2 is 1.54 bits per heavy atom. The molecule has 144 valence electrons. The highest BCUT2D eigenvalue weighted by atomic mass is 16.5. The van der Waals surface area contributed by atoms with E-state index in [9.17, 15) is 14.4 Å². The second kappa shape index (κ2) is 7.56. The number of methoxy groups -OCH3 is 3. The van der Waals surface area contributed by atoms with Gasteiger partial charge in [-0.15, -0.1) is 0 Å². The molecule has 0 spiro atoms. The summed E-state index contributed by atoms with van der Waals surface area (Å²) in [5.74, 6) is 0.849. The SMILES string of the molecule is COc1cc(-c2cc(=O)c3c(OC)c(C=O)c(C=O)c(OC)c3o2)ccc1C. The fourth-order valence-corrected chi connectivity index (χ4v) is 3.13. The quantitative estimate of drug-likeness (QED) is 0.603. The normalized spacial score (nSPS) is 10.6. The molecule has 28 heavy (non-hydrogen) atoms. The molecular weight excluding hydrogens is 364 g/mol. The number of hydrogen-bond donors (Lipinski definition) is 0. The molecule has 0 saturated heterocycles. The standard InChI is InChI=1S/C21H18O7/c1-11-5-6-12(7-16(11)25-2)17-8-15(24)18-19(26-3)13(9-22)14(10-23)20(27-4)21(18)28-17/h5-10H,1-4H3. The van der Waals surface area contributed by atoms with Gasteiger partial charge in [0.1, 0.15) is 22.6 Å². The van der Waals surface area contributed by atoms with Crippen LogP contribution in [0.1, 0.15) is 26.3 Å². The van der Waals surface area contributed by atoms with Crippen LogP contribution in [0.15, 0.2) is 33.5 Å². The number of rotatable bonds is 6. The highest BCUT2D eigenvalue weighted by molar-refractivity contribution is 6.06. The van der Waals surface area contributed by atoms with Gasteiger partial charge in [0.15, 0.2) is 29.3 Å². The molecule has 0 amide bonds. The average Bonchev–Trinajstić information content (AvgIpc) is 2.71. The molecule has 1 aromatic heterocycles. The molecule has 0 unspecified atom stereocenters. The van der Waals surface area contributed by atoms with Crippen molar-refractivity contribution in [1.29, 1.82) is 0 Å². The Labute approximate surface area is 160 Å². The van der Waals surface area contributed by atoms with E-state index in [2.05, 4.69) is 0 Å². The van der Waals surface area contributed by atoms with Crippen molar-refractivity contribution in [3.63, 3.8) is 0 Å². The van der Waals surface area contributed by atoms with E-state index in [4.69, 9.17) is 18.6 Å². The number of carbonyl (C=O) groups excluding carboxylic acids is 2. The number of aryl methyl sites for hydroxylation is 1. The number of aldehydes is 2. The van der Waals surface area contributed by atoms with E-state index in [0.29, 0.717) is 23.9 Å². The molecule has 0 radical (unpaired) electrons. The lowest BCUT2D eigenvalue weighted by molar-refractivity contribution is 0.109. The molecule has 0 atom stereocenters. The monoisotopic (exact) mass is 382 g/mol. The summed E-state index contributed by atoms with van der Waals surface area (Å²) < 4.78 is 21.8. The minimum Gasteiger partial charge on any atom is -0.496 e. The Hall–Kier alpha value is -3.61. The lowest BCUT2D eigenvalue weighted by Gasteiger charge is -2.15. The van der Waals surface area contributed by atoms with Crippen LogP contribution < -0.4 is 19.6 Å². The first-order valence-corrected chi connectivity index (χ1v) is 8.31. The Kier molecular flexibility index (Phi) is 5.17. The van der Waals surface area contributed by atoms with Gasteiger partial charge < -0.3 is 18.6 Å². The molecular formula is C21H18O7. The van der Waals surface area contributed by atoms with Gasteiger partial charge in [-0.05, 0) is 18.6 Å². The first-order chi connectivity index (χ1) is 13.5. The molecule has 0 aliphatic carbocycles. The molecule has 7 heteroatoms. The summed E-state index contributed by atoms with van der Waals surface area (Å²) in [5, 5.41) is 0.0230. The molecule has 0 N–H and O–H groups in total. The van der Waals surface area contributed by atoms with Gasteiger partial charge in [0.2, 0.25) is 0 Å². The molecule has 1 heterocycles. The van der Waals surface area contributed by atoms with Crippen LogP contribution in [0.3, 0.4) is 0 Å². The Bertz CT molecular complexity index is 1140. The summed E-state index contributed by atoms with van der Waals surface area (Å²) in [4.78, 5) is 36.0. The lowest BCUT2D eigenvalue weighted by atomic mass is 10.0. The van der Waals surface area contributed by atoms with Crippen LogP contribution in [0.25, 0.3) is 22.3 Å². The first-order valence-electron chi connectivity index (χ1n) is 8.31. The topological polar surface area (TPSA) is 92.0 Å². The summed E-state index contributed by atoms with van der Waals surface area (Å²) in [6.45, 7) is 1.89. The van der Waals surface area contributed by atoms with Crippen LogP contribution in [0.4, 0.5) is 0 Å². The number of ether oxygens (including phenoxy) is 3. The van der Waals surface area contributed by atoms with Crippen molar-refractivity contribution in [2.75, 3.05) is 21.3 Å². The van der Waals surface area contributed by atoms with Crippen LogP contribution in [-0.2, 0) is 0 Å². The van der Waals surface area contributed by atoms with Crippen molar-refractivity contribution >= 4 is 23.5 Å². The van der Waals surface area contributed by atoms with Crippen LogP contribution in [0.5, 0.6) is 17.2 Å². The molecule has 0 aliphatic heterocycles. The van der Waals surface area contributed by atoms with Gasteiger partial charge in [-0.1, -0.05) is 12.1 Å². The van der Waals surface area contributed by atoms with Gasteiger partial charge in [0.05, 0.1) is 32.5 Å². The average molecular weight is 382 g/mol. The van der Waals surface area contributed by atoms with Gasteiger partial charge in [0.25, 0.3) is 0 Å². The summed E-state index contributed by atoms with van der Waals surface area (Å²) in [6.07, 6.45) is 0.912. The molecule has 0 fully saturated rings. The van der Waals surface area contributed by atoms with Crippen molar-refractivity contribution in [2.45, 2.75) is 6.92 Å². The third-order valence-electron chi connectivity index (χ3n) is 4.50. The minimum absolute atomic E-state index is 0.00840. The molecule has 3 rings (SSSR count). The van der Waals surface area contributed by atoms with Crippen molar-refractivity contribution < 1.29 is 28.2 Å². The highest BCUT2D eigenvalue weighted by Crippen LogP contribution is 2.39. The van der Waals surface area contributed by atoms with Crippen molar-refractivity contribution in [1.82, 2.24) is 0 Å². The molecule has 0 saturated carbocycles. The van der Waals surface area contributed by atoms with E-state index >= 15 is 0 Å². The number of benzene rings is 2. The van der Waals surface area contributed by atoms with Crippen LogP contribution in [-0.4, -0.2) is 33.9 Å². The van der Waals surface area contributed by atoms with Gasteiger partial charge in [-0.25, -0.2) is 0 Å². The number of carbonyl (C=O) groups is 2. The fraction of sp³-hybridized carbons (Fsp3) is 0.190. The van der Waals surface area contributed by atoms with Crippen LogP contribution in [0, 0.1) is 6.92 Å². The fourth-order valence-electron chi connectivity index (χ4n) is 3.13. The minimum atomic E-state index is -0.438. The van der Waals surface area contributed by atoms with E-state index < -0.39 is 5.43 Å². The molecule has 3 aromatic rings. The van der Waals surface area contributed by atoms with Gasteiger partial charge in [0, 0.05) is 11.6 Å². The number of hydrogen-bond acceptors (Lipinski definition) is 7. The van der Waals surface area contributed by atoms with Gasteiger partial charge in [-0.3, -0.25) is 14.4 Å². The predicted molar refractivity (Wildman–Crippen MR) is 103 cm³/mol. The third-order valence-corrected chi connectivity index (χ3v) is 4.50. The second-order valence-electron chi connectivity index (χ2n) is 5.99. The number of fused-ring (bicyclic) bond motifs is 1. The summed E-state index contributed by atoms with van der Waals surface area (Å²) >= 11 is 0. The predicted octanol–water partition coefficient (Wildman–Crippen LogP) is 3.42. The summed E-state index contributed by atoms with van der Waals surface area (Å²) in [5.41, 5.74) is 0.991. The summed E-state index contributed by atoms with van der Waals surface area (Å²) in [7, 11) is 4.18. The largest absolute Gasteiger partial charge is 0.496 e. The van der Waals surface area contributed by atoms with E-state index in [1.165, 1.54) is 20.3 Å². The zero-order valence-corrected chi connectivity index (χ0v) is 15.8. The Balaban J connectivity index is 2.44. The maximum absolute atomic E-state index is 12.9. The van der Waals surface area contributed by atoms with Gasteiger partial charge in [-0.2, -0.15) is 0 Å². The van der Waals surface area contributed by atoms with Crippen LogP contribution in [0.2, 0.25) is 0 Å². The van der Waals surface area contributed by atoms with E-state index in [1.54, 1.807) is 19.2 Å². The maximum Gasteiger partial charge on any atom is 0.197 e. The van der Waals surface area contributed by atoms with Crippen molar-refractivity contribution in [3.8, 4) is 28.6 Å². The van der Waals surface area contributed by atoms with Crippen molar-refractivity contribution in [2.24, 2.45) is 0 Å². The maximum atomic E-state index is 12.9.